The number of benzene rings is 1. The Morgan fingerprint density at radius 1 is 1.11 bits per heavy atom. The fraction of sp³-hybridized carbons (Fsp3) is 0.333. The normalized spacial score (nSPS) is 23.8. The quantitative estimate of drug-likeness (QED) is 0.284. The van der Waals surface area contributed by atoms with Crippen LogP contribution in [0.25, 0.3) is 33.1 Å². The fourth-order valence-electron chi connectivity index (χ4n) is 5.69. The van der Waals surface area contributed by atoms with Crippen LogP contribution in [0.2, 0.25) is 0 Å². The molecule has 5 aromatic rings. The molecule has 4 heterocycles. The first-order valence-electron chi connectivity index (χ1n) is 12.3. The van der Waals surface area contributed by atoms with Crippen LogP contribution in [0.1, 0.15) is 37.1 Å². The van der Waals surface area contributed by atoms with Gasteiger partial charge in [0.15, 0.2) is 0 Å². The molecule has 0 saturated heterocycles. The van der Waals surface area contributed by atoms with Crippen LogP contribution in [-0.4, -0.2) is 47.1 Å². The highest BCUT2D eigenvalue weighted by Crippen LogP contribution is 2.48. The number of anilines is 2. The second-order valence-corrected chi connectivity index (χ2v) is 10.3. The SMILES string of the molecule is Cc1nocc1-c1cc2ccc(CC[C@@]3(C)C[C@@H](n4ccc5c(N)ncnc54)[C@H](O)[C@@H]3O)cc2nc1N. The molecule has 0 bridgehead atoms. The third kappa shape index (κ3) is 3.80. The van der Waals surface area contributed by atoms with Crippen LogP contribution < -0.4 is 11.5 Å². The van der Waals surface area contributed by atoms with Crippen molar-refractivity contribution >= 4 is 33.6 Å². The van der Waals surface area contributed by atoms with E-state index in [1.165, 1.54) is 6.33 Å². The number of fused-ring (bicyclic) bond motifs is 2. The van der Waals surface area contributed by atoms with E-state index in [0.29, 0.717) is 30.1 Å². The molecule has 1 aliphatic rings. The van der Waals surface area contributed by atoms with Crippen LogP contribution in [0, 0.1) is 12.3 Å². The van der Waals surface area contributed by atoms with Gasteiger partial charge in [-0.25, -0.2) is 15.0 Å². The van der Waals surface area contributed by atoms with Crippen molar-refractivity contribution < 1.29 is 14.7 Å². The van der Waals surface area contributed by atoms with E-state index in [0.717, 1.165) is 45.1 Å². The number of aliphatic hydroxyl groups excluding tert-OH is 2. The summed E-state index contributed by atoms with van der Waals surface area (Å²) in [5.41, 5.74) is 16.7. The topological polar surface area (TPSA) is 162 Å². The molecule has 4 atom stereocenters. The van der Waals surface area contributed by atoms with Crippen LogP contribution in [0.3, 0.4) is 0 Å². The zero-order chi connectivity index (χ0) is 25.9. The highest BCUT2D eigenvalue weighted by Gasteiger charge is 2.50. The average Bonchev–Trinajstić information content (AvgIpc) is 3.56. The molecule has 6 rings (SSSR count). The van der Waals surface area contributed by atoms with Crippen molar-refractivity contribution in [1.82, 2.24) is 24.7 Å². The minimum absolute atomic E-state index is 0.316. The van der Waals surface area contributed by atoms with Gasteiger partial charge in [-0.05, 0) is 55.4 Å². The lowest BCUT2D eigenvalue weighted by atomic mass is 9.80. The predicted molar refractivity (Wildman–Crippen MR) is 140 cm³/mol. The van der Waals surface area contributed by atoms with E-state index in [1.54, 1.807) is 6.26 Å². The second kappa shape index (κ2) is 8.53. The van der Waals surface area contributed by atoms with Crippen LogP contribution in [-0.2, 0) is 6.42 Å². The molecule has 0 amide bonds. The summed E-state index contributed by atoms with van der Waals surface area (Å²) >= 11 is 0. The van der Waals surface area contributed by atoms with E-state index >= 15 is 0 Å². The number of aromatic nitrogens is 5. The summed E-state index contributed by atoms with van der Waals surface area (Å²) < 4.78 is 6.97. The minimum Gasteiger partial charge on any atom is -0.390 e. The van der Waals surface area contributed by atoms with Gasteiger partial charge in [-0.3, -0.25) is 0 Å². The Labute approximate surface area is 212 Å². The monoisotopic (exact) mass is 499 g/mol. The van der Waals surface area contributed by atoms with E-state index in [9.17, 15) is 10.2 Å². The molecule has 10 heteroatoms. The van der Waals surface area contributed by atoms with Gasteiger partial charge in [0.25, 0.3) is 0 Å². The van der Waals surface area contributed by atoms with Gasteiger partial charge in [0.05, 0.1) is 28.7 Å². The molecule has 4 aromatic heterocycles. The molecule has 1 aromatic carbocycles. The van der Waals surface area contributed by atoms with E-state index in [1.807, 2.05) is 48.9 Å². The summed E-state index contributed by atoms with van der Waals surface area (Å²) in [7, 11) is 0. The smallest absolute Gasteiger partial charge is 0.145 e. The van der Waals surface area contributed by atoms with Crippen molar-refractivity contribution in [3.63, 3.8) is 0 Å². The number of hydrogen-bond acceptors (Lipinski definition) is 9. The van der Waals surface area contributed by atoms with E-state index in [2.05, 4.69) is 26.2 Å². The van der Waals surface area contributed by atoms with Crippen LogP contribution >= 0.6 is 0 Å². The number of aryl methyl sites for hydroxylation is 2. The first kappa shape index (κ1) is 23.4. The number of nitrogens with zero attached hydrogens (tertiary/aromatic N) is 5. The average molecular weight is 500 g/mol. The maximum absolute atomic E-state index is 11.1. The predicted octanol–water partition coefficient (Wildman–Crippen LogP) is 3.41. The van der Waals surface area contributed by atoms with E-state index in [-0.39, 0.29) is 6.04 Å². The Kier molecular flexibility index (Phi) is 5.39. The molecule has 1 aliphatic carbocycles. The third-order valence-electron chi connectivity index (χ3n) is 7.94. The van der Waals surface area contributed by atoms with Crippen LogP contribution in [0.15, 0.2) is 53.6 Å². The fourth-order valence-corrected chi connectivity index (χ4v) is 5.69. The molecular formula is C27H29N7O3. The van der Waals surface area contributed by atoms with Gasteiger partial charge in [-0.1, -0.05) is 24.2 Å². The lowest BCUT2D eigenvalue weighted by Gasteiger charge is -2.28. The van der Waals surface area contributed by atoms with Gasteiger partial charge in [-0.2, -0.15) is 0 Å². The first-order chi connectivity index (χ1) is 17.7. The standard InChI is InChI=1S/C27H29N7O3/c1-14-19(12-37-33-14)18-10-16-4-3-15(9-20(16)32-25(18)29)5-7-27(2)11-21(22(35)23(27)36)34-8-6-17-24(28)30-13-31-26(17)34/h3-4,6,8-10,12-13,21-23,35-36H,5,7,11H2,1-2H3,(H2,29,32)(H2,28,30,31)/t21-,22+,23+,27+/m1/s1. The molecule has 190 valence electrons. The van der Waals surface area contributed by atoms with Gasteiger partial charge in [0, 0.05) is 22.7 Å². The summed E-state index contributed by atoms with van der Waals surface area (Å²) in [6.07, 6.45) is 5.07. The lowest BCUT2D eigenvalue weighted by Crippen LogP contribution is -2.35. The minimum atomic E-state index is -0.922. The Balaban J connectivity index is 1.23. The third-order valence-corrected chi connectivity index (χ3v) is 7.94. The number of nitrogens with two attached hydrogens (primary N) is 2. The largest absolute Gasteiger partial charge is 0.390 e. The zero-order valence-electron chi connectivity index (χ0n) is 20.7. The highest BCUT2D eigenvalue weighted by molar-refractivity contribution is 5.89. The maximum Gasteiger partial charge on any atom is 0.145 e. The van der Waals surface area contributed by atoms with Crippen molar-refractivity contribution in [3.8, 4) is 11.1 Å². The van der Waals surface area contributed by atoms with Crippen molar-refractivity contribution in [3.05, 3.63) is 60.4 Å². The summed E-state index contributed by atoms with van der Waals surface area (Å²) in [6, 6.07) is 9.68. The molecule has 0 aliphatic heterocycles. The lowest BCUT2D eigenvalue weighted by molar-refractivity contribution is -0.0241. The molecule has 37 heavy (non-hydrogen) atoms. The summed E-state index contributed by atoms with van der Waals surface area (Å²) in [5.74, 6) is 0.817. The van der Waals surface area contributed by atoms with E-state index in [4.69, 9.17) is 16.0 Å². The summed E-state index contributed by atoms with van der Waals surface area (Å²) in [4.78, 5) is 13.0. The molecule has 0 radical (unpaired) electrons. The molecule has 10 nitrogen and oxygen atoms in total. The first-order valence-corrected chi connectivity index (χ1v) is 12.3. The molecule has 1 fully saturated rings. The van der Waals surface area contributed by atoms with E-state index < -0.39 is 17.6 Å². The highest BCUT2D eigenvalue weighted by atomic mass is 16.5. The Morgan fingerprint density at radius 3 is 2.73 bits per heavy atom. The Bertz CT molecular complexity index is 1630. The van der Waals surface area contributed by atoms with Crippen molar-refractivity contribution in [2.75, 3.05) is 11.5 Å². The number of aliphatic hydroxyl groups is 2. The summed E-state index contributed by atoms with van der Waals surface area (Å²) in [6.45, 7) is 3.90. The molecular weight excluding hydrogens is 470 g/mol. The van der Waals surface area contributed by atoms with Gasteiger partial charge >= 0.3 is 0 Å². The van der Waals surface area contributed by atoms with Gasteiger partial charge < -0.3 is 30.8 Å². The zero-order valence-corrected chi connectivity index (χ0v) is 20.7. The number of nitrogen functional groups attached to an aromatic ring is 2. The number of rotatable bonds is 5. The van der Waals surface area contributed by atoms with Crippen molar-refractivity contribution in [1.29, 1.82) is 0 Å². The Hall–Kier alpha value is -4.02. The summed E-state index contributed by atoms with van der Waals surface area (Å²) in [5, 5.41) is 27.7. The van der Waals surface area contributed by atoms with Gasteiger partial charge in [0.2, 0.25) is 0 Å². The second-order valence-electron chi connectivity index (χ2n) is 10.3. The molecule has 6 N–H and O–H groups in total. The van der Waals surface area contributed by atoms with Gasteiger partial charge in [0.1, 0.15) is 36.0 Å². The van der Waals surface area contributed by atoms with Crippen LogP contribution in [0.5, 0.6) is 0 Å². The molecule has 0 spiro atoms. The van der Waals surface area contributed by atoms with Crippen LogP contribution in [0.4, 0.5) is 11.6 Å². The number of hydrogen-bond donors (Lipinski definition) is 4. The van der Waals surface area contributed by atoms with Crippen molar-refractivity contribution in [2.45, 2.75) is 51.4 Å². The Morgan fingerprint density at radius 2 is 1.95 bits per heavy atom. The molecule has 1 saturated carbocycles. The maximum atomic E-state index is 11.1. The van der Waals surface area contributed by atoms with Gasteiger partial charge in [-0.15, -0.1) is 0 Å². The molecule has 0 unspecified atom stereocenters. The number of pyridine rings is 1. The van der Waals surface area contributed by atoms with Crippen molar-refractivity contribution in [2.24, 2.45) is 5.41 Å².